The molecular weight excluding hydrogens is 404 g/mol. The molecule has 8 heteroatoms. The minimum Gasteiger partial charge on any atom is -0.496 e. The van der Waals surface area contributed by atoms with Crippen molar-refractivity contribution < 1.29 is 19.2 Å². The number of methoxy groups -OCH3 is 1. The Balaban J connectivity index is 2.16. The standard InChI is InChI=1S/C18H17BrN2O5/c1-3-26-17-8-6-14(11-15(17)21(23)24)20-18(22)9-4-12-10-13(19)5-7-16(12)25-2/h4-11H,3H2,1-2H3,(H,20,22)/b9-4+. The van der Waals surface area contributed by atoms with Crippen molar-refractivity contribution in [1.29, 1.82) is 0 Å². The maximum Gasteiger partial charge on any atom is 0.312 e. The van der Waals surface area contributed by atoms with Gasteiger partial charge in [-0.3, -0.25) is 14.9 Å². The largest absolute Gasteiger partial charge is 0.496 e. The SMILES string of the molecule is CCOc1ccc(NC(=O)/C=C/c2cc(Br)ccc2OC)cc1[N+](=O)[O-]. The van der Waals surface area contributed by atoms with Crippen molar-refractivity contribution in [2.24, 2.45) is 0 Å². The number of anilines is 1. The molecule has 0 aromatic heterocycles. The molecule has 2 aromatic rings. The Kier molecular flexibility index (Phi) is 6.74. The van der Waals surface area contributed by atoms with Crippen LogP contribution in [0.25, 0.3) is 6.08 Å². The summed E-state index contributed by atoms with van der Waals surface area (Å²) in [5.41, 5.74) is 0.813. The number of amides is 1. The van der Waals surface area contributed by atoms with E-state index in [1.165, 1.54) is 18.2 Å². The highest BCUT2D eigenvalue weighted by Crippen LogP contribution is 2.30. The molecule has 0 saturated carbocycles. The van der Waals surface area contributed by atoms with Gasteiger partial charge >= 0.3 is 5.69 Å². The van der Waals surface area contributed by atoms with E-state index in [9.17, 15) is 14.9 Å². The lowest BCUT2D eigenvalue weighted by atomic mass is 10.2. The third-order valence-electron chi connectivity index (χ3n) is 3.33. The Hall–Kier alpha value is -2.87. The highest BCUT2D eigenvalue weighted by Gasteiger charge is 2.16. The lowest BCUT2D eigenvalue weighted by Crippen LogP contribution is -2.08. The third-order valence-corrected chi connectivity index (χ3v) is 3.82. The first-order valence-corrected chi connectivity index (χ1v) is 8.47. The van der Waals surface area contributed by atoms with Crippen LogP contribution in [0.5, 0.6) is 11.5 Å². The second-order valence-corrected chi connectivity index (χ2v) is 6.00. The van der Waals surface area contributed by atoms with Crippen LogP contribution in [0, 0.1) is 10.1 Å². The van der Waals surface area contributed by atoms with E-state index < -0.39 is 10.8 Å². The van der Waals surface area contributed by atoms with Crippen LogP contribution >= 0.6 is 15.9 Å². The molecule has 7 nitrogen and oxygen atoms in total. The molecule has 0 radical (unpaired) electrons. The van der Waals surface area contributed by atoms with Crippen molar-refractivity contribution >= 4 is 39.3 Å². The van der Waals surface area contributed by atoms with Gasteiger partial charge in [-0.2, -0.15) is 0 Å². The Bertz CT molecular complexity index is 851. The maximum absolute atomic E-state index is 12.1. The lowest BCUT2D eigenvalue weighted by molar-refractivity contribution is -0.385. The summed E-state index contributed by atoms with van der Waals surface area (Å²) in [6.45, 7) is 2.05. The molecule has 1 N–H and O–H groups in total. The summed E-state index contributed by atoms with van der Waals surface area (Å²) >= 11 is 3.36. The molecule has 0 saturated heterocycles. The predicted octanol–water partition coefficient (Wildman–Crippen LogP) is 4.42. The quantitative estimate of drug-likeness (QED) is 0.406. The van der Waals surface area contributed by atoms with Crippen LogP contribution in [0.3, 0.4) is 0 Å². The Morgan fingerprint density at radius 2 is 2.00 bits per heavy atom. The van der Waals surface area contributed by atoms with Gasteiger partial charge < -0.3 is 14.8 Å². The Labute approximate surface area is 158 Å². The highest BCUT2D eigenvalue weighted by atomic mass is 79.9. The number of ether oxygens (including phenoxy) is 2. The van der Waals surface area contributed by atoms with Crippen LogP contribution in [0.15, 0.2) is 46.9 Å². The number of carbonyl (C=O) groups is 1. The number of nitro benzene ring substituents is 1. The molecule has 0 fully saturated rings. The van der Waals surface area contributed by atoms with Gasteiger partial charge in [0.2, 0.25) is 5.91 Å². The van der Waals surface area contributed by atoms with Gasteiger partial charge in [-0.25, -0.2) is 0 Å². The van der Waals surface area contributed by atoms with Crippen LogP contribution in [-0.4, -0.2) is 24.5 Å². The second kappa shape index (κ2) is 9.00. The van der Waals surface area contributed by atoms with Gasteiger partial charge in [-0.05, 0) is 43.3 Å². The molecular formula is C18H17BrN2O5. The number of halogens is 1. The van der Waals surface area contributed by atoms with Gasteiger partial charge in [0.15, 0.2) is 5.75 Å². The Morgan fingerprint density at radius 1 is 1.27 bits per heavy atom. The molecule has 0 aliphatic heterocycles. The number of rotatable bonds is 7. The zero-order valence-corrected chi connectivity index (χ0v) is 15.8. The predicted molar refractivity (Wildman–Crippen MR) is 103 cm³/mol. The van der Waals surface area contributed by atoms with Crippen LogP contribution in [0.2, 0.25) is 0 Å². The van der Waals surface area contributed by atoms with Crippen LogP contribution in [0.4, 0.5) is 11.4 Å². The first kappa shape index (κ1) is 19.5. The Morgan fingerprint density at radius 3 is 2.65 bits per heavy atom. The molecule has 0 spiro atoms. The van der Waals surface area contributed by atoms with E-state index in [-0.39, 0.29) is 11.4 Å². The number of benzene rings is 2. The second-order valence-electron chi connectivity index (χ2n) is 5.08. The average Bonchev–Trinajstić information content (AvgIpc) is 2.61. The summed E-state index contributed by atoms with van der Waals surface area (Å²) in [6.07, 6.45) is 2.93. The van der Waals surface area contributed by atoms with Gasteiger partial charge in [0.1, 0.15) is 5.75 Å². The van der Waals surface area contributed by atoms with E-state index >= 15 is 0 Å². The number of nitro groups is 1. The summed E-state index contributed by atoms with van der Waals surface area (Å²) in [7, 11) is 1.54. The normalized spacial score (nSPS) is 10.6. The summed E-state index contributed by atoms with van der Waals surface area (Å²) in [4.78, 5) is 22.7. The van der Waals surface area contributed by atoms with Gasteiger partial charge in [0.05, 0.1) is 18.6 Å². The van der Waals surface area contributed by atoms with Gasteiger partial charge in [0.25, 0.3) is 0 Å². The van der Waals surface area contributed by atoms with Crippen molar-refractivity contribution in [3.05, 3.63) is 62.6 Å². The summed E-state index contributed by atoms with van der Waals surface area (Å²) in [5, 5.41) is 13.7. The van der Waals surface area contributed by atoms with E-state index in [0.29, 0.717) is 18.0 Å². The molecule has 2 aromatic carbocycles. The molecule has 26 heavy (non-hydrogen) atoms. The molecule has 0 aliphatic carbocycles. The van der Waals surface area contributed by atoms with Gasteiger partial charge in [0, 0.05) is 27.9 Å². The molecule has 0 unspecified atom stereocenters. The monoisotopic (exact) mass is 420 g/mol. The fourth-order valence-corrected chi connectivity index (χ4v) is 2.58. The van der Waals surface area contributed by atoms with Crippen molar-refractivity contribution in [2.75, 3.05) is 19.0 Å². The van der Waals surface area contributed by atoms with E-state index in [2.05, 4.69) is 21.2 Å². The lowest BCUT2D eigenvalue weighted by Gasteiger charge is -2.07. The van der Waals surface area contributed by atoms with Gasteiger partial charge in [-0.1, -0.05) is 15.9 Å². The molecule has 0 aliphatic rings. The van der Waals surface area contributed by atoms with Crippen molar-refractivity contribution in [3.8, 4) is 11.5 Å². The van der Waals surface area contributed by atoms with Crippen LogP contribution in [-0.2, 0) is 4.79 Å². The molecule has 2 rings (SSSR count). The number of nitrogens with zero attached hydrogens (tertiary/aromatic N) is 1. The summed E-state index contributed by atoms with van der Waals surface area (Å²) < 4.78 is 11.3. The zero-order valence-electron chi connectivity index (χ0n) is 14.2. The average molecular weight is 421 g/mol. The van der Waals surface area contributed by atoms with E-state index in [1.54, 1.807) is 32.2 Å². The number of hydrogen-bond acceptors (Lipinski definition) is 5. The van der Waals surface area contributed by atoms with Crippen molar-refractivity contribution in [2.45, 2.75) is 6.92 Å². The zero-order chi connectivity index (χ0) is 19.1. The fourth-order valence-electron chi connectivity index (χ4n) is 2.20. The van der Waals surface area contributed by atoms with Crippen LogP contribution in [0.1, 0.15) is 12.5 Å². The molecule has 1 amide bonds. The summed E-state index contributed by atoms with van der Waals surface area (Å²) in [5.74, 6) is 0.351. The minimum atomic E-state index is -0.553. The molecule has 0 atom stereocenters. The maximum atomic E-state index is 12.1. The smallest absolute Gasteiger partial charge is 0.312 e. The first-order valence-electron chi connectivity index (χ1n) is 7.68. The summed E-state index contributed by atoms with van der Waals surface area (Å²) in [6, 6.07) is 9.68. The first-order chi connectivity index (χ1) is 12.4. The van der Waals surface area contributed by atoms with Crippen LogP contribution < -0.4 is 14.8 Å². The fraction of sp³-hybridized carbons (Fsp3) is 0.167. The molecule has 136 valence electrons. The topological polar surface area (TPSA) is 90.7 Å². The highest BCUT2D eigenvalue weighted by molar-refractivity contribution is 9.10. The van der Waals surface area contributed by atoms with Gasteiger partial charge in [-0.15, -0.1) is 0 Å². The number of nitrogens with one attached hydrogen (secondary N) is 1. The number of hydrogen-bond donors (Lipinski definition) is 1. The molecule has 0 bridgehead atoms. The molecule has 0 heterocycles. The third kappa shape index (κ3) is 5.06. The number of carbonyl (C=O) groups excluding carboxylic acids is 1. The van der Waals surface area contributed by atoms with Crippen molar-refractivity contribution in [1.82, 2.24) is 0 Å². The van der Waals surface area contributed by atoms with E-state index in [1.807, 2.05) is 12.1 Å². The minimum absolute atomic E-state index is 0.157. The van der Waals surface area contributed by atoms with Crippen molar-refractivity contribution in [3.63, 3.8) is 0 Å². The van der Waals surface area contributed by atoms with E-state index in [4.69, 9.17) is 9.47 Å². The van der Waals surface area contributed by atoms with E-state index in [0.717, 1.165) is 10.0 Å².